The van der Waals surface area contributed by atoms with E-state index in [4.69, 9.17) is 0 Å². The monoisotopic (exact) mass is 345 g/mol. The van der Waals surface area contributed by atoms with Crippen LogP contribution in [0.25, 0.3) is 0 Å². The highest BCUT2D eigenvalue weighted by molar-refractivity contribution is 8.00. The summed E-state index contributed by atoms with van der Waals surface area (Å²) in [4.78, 5) is 16.2. The molecule has 0 saturated heterocycles. The Balaban J connectivity index is 2.70. The summed E-state index contributed by atoms with van der Waals surface area (Å²) in [6, 6.07) is 3.12. The van der Waals surface area contributed by atoms with E-state index in [1.807, 2.05) is 13.8 Å². The van der Waals surface area contributed by atoms with Crippen molar-refractivity contribution in [1.82, 2.24) is 14.6 Å². The SMILES string of the molecule is CC(C)CNC(=O)C(C)Sc1ccc(S(=O)(=O)N(C)C)cn1. The number of thioether (sulfide) groups is 1. The van der Waals surface area contributed by atoms with E-state index in [2.05, 4.69) is 10.3 Å². The fourth-order valence-electron chi connectivity index (χ4n) is 1.48. The number of aromatic nitrogens is 1. The molecule has 1 amide bonds. The van der Waals surface area contributed by atoms with Crippen molar-refractivity contribution in [2.24, 2.45) is 5.92 Å². The van der Waals surface area contributed by atoms with Crippen molar-refractivity contribution in [1.29, 1.82) is 0 Å². The molecule has 1 aromatic heterocycles. The van der Waals surface area contributed by atoms with Gasteiger partial charge < -0.3 is 5.32 Å². The first kappa shape index (κ1) is 18.9. The predicted octanol–water partition coefficient (Wildman–Crippen LogP) is 1.58. The van der Waals surface area contributed by atoms with Gasteiger partial charge in [0, 0.05) is 26.8 Å². The molecular formula is C14H23N3O3S2. The van der Waals surface area contributed by atoms with E-state index in [1.165, 1.54) is 38.1 Å². The Kier molecular flexibility index (Phi) is 6.83. The fraction of sp³-hybridized carbons (Fsp3) is 0.571. The molecule has 0 aliphatic carbocycles. The Hall–Kier alpha value is -1.12. The molecule has 8 heteroatoms. The number of rotatable bonds is 7. The van der Waals surface area contributed by atoms with Crippen molar-refractivity contribution in [3.05, 3.63) is 18.3 Å². The number of carbonyl (C=O) groups excluding carboxylic acids is 1. The number of sulfonamides is 1. The van der Waals surface area contributed by atoms with E-state index >= 15 is 0 Å². The number of carbonyl (C=O) groups is 1. The van der Waals surface area contributed by atoms with Gasteiger partial charge in [-0.05, 0) is 25.0 Å². The van der Waals surface area contributed by atoms with Gasteiger partial charge in [0.25, 0.3) is 0 Å². The van der Waals surface area contributed by atoms with Gasteiger partial charge in [0.15, 0.2) is 0 Å². The molecule has 0 radical (unpaired) electrons. The summed E-state index contributed by atoms with van der Waals surface area (Å²) in [7, 11) is -0.532. The van der Waals surface area contributed by atoms with Gasteiger partial charge in [-0.25, -0.2) is 17.7 Å². The van der Waals surface area contributed by atoms with Gasteiger partial charge in [-0.3, -0.25) is 4.79 Å². The van der Waals surface area contributed by atoms with Crippen LogP contribution in [-0.4, -0.2) is 49.5 Å². The topological polar surface area (TPSA) is 79.4 Å². The van der Waals surface area contributed by atoms with Gasteiger partial charge in [0.1, 0.15) is 4.90 Å². The first-order chi connectivity index (χ1) is 10.1. The average molecular weight is 345 g/mol. The number of hydrogen-bond acceptors (Lipinski definition) is 5. The van der Waals surface area contributed by atoms with E-state index in [-0.39, 0.29) is 16.1 Å². The van der Waals surface area contributed by atoms with Gasteiger partial charge >= 0.3 is 0 Å². The standard InChI is InChI=1S/C14H23N3O3S2/c1-10(2)8-16-14(18)11(3)21-13-7-6-12(9-15-13)22(19,20)17(4)5/h6-7,9-11H,8H2,1-5H3,(H,16,18). The summed E-state index contributed by atoms with van der Waals surface area (Å²) in [5.74, 6) is 0.347. The zero-order chi connectivity index (χ0) is 16.9. The molecule has 0 aromatic carbocycles. The second kappa shape index (κ2) is 7.94. The lowest BCUT2D eigenvalue weighted by molar-refractivity contribution is -0.120. The molecule has 0 aliphatic heterocycles. The summed E-state index contributed by atoms with van der Waals surface area (Å²) in [5.41, 5.74) is 0. The number of hydrogen-bond donors (Lipinski definition) is 1. The van der Waals surface area contributed by atoms with Crippen LogP contribution in [-0.2, 0) is 14.8 Å². The molecule has 0 spiro atoms. The molecule has 0 fully saturated rings. The first-order valence-corrected chi connectivity index (χ1v) is 9.29. The highest BCUT2D eigenvalue weighted by Crippen LogP contribution is 2.22. The van der Waals surface area contributed by atoms with Crippen LogP contribution >= 0.6 is 11.8 Å². The van der Waals surface area contributed by atoms with Crippen LogP contribution in [0.4, 0.5) is 0 Å². The molecule has 124 valence electrons. The van der Waals surface area contributed by atoms with Gasteiger partial charge in [-0.1, -0.05) is 25.6 Å². The molecule has 0 saturated carbocycles. The van der Waals surface area contributed by atoms with E-state index in [0.717, 1.165) is 4.31 Å². The van der Waals surface area contributed by atoms with E-state index < -0.39 is 10.0 Å². The minimum atomic E-state index is -3.47. The smallest absolute Gasteiger partial charge is 0.244 e. The van der Waals surface area contributed by atoms with Crippen molar-refractivity contribution < 1.29 is 13.2 Å². The van der Waals surface area contributed by atoms with E-state index in [9.17, 15) is 13.2 Å². The normalized spacial score (nSPS) is 13.4. The van der Waals surface area contributed by atoms with Gasteiger partial charge in [-0.15, -0.1) is 0 Å². The maximum Gasteiger partial charge on any atom is 0.244 e. The summed E-state index contributed by atoms with van der Waals surface area (Å²) < 4.78 is 25.0. The molecule has 1 rings (SSSR count). The Morgan fingerprint density at radius 1 is 1.32 bits per heavy atom. The predicted molar refractivity (Wildman–Crippen MR) is 88.3 cm³/mol. The highest BCUT2D eigenvalue weighted by atomic mass is 32.2. The highest BCUT2D eigenvalue weighted by Gasteiger charge is 2.19. The van der Waals surface area contributed by atoms with Gasteiger partial charge in [0.2, 0.25) is 15.9 Å². The molecule has 6 nitrogen and oxygen atoms in total. The summed E-state index contributed by atoms with van der Waals surface area (Å²) >= 11 is 1.30. The zero-order valence-electron chi connectivity index (χ0n) is 13.5. The van der Waals surface area contributed by atoms with Crippen LogP contribution in [0.2, 0.25) is 0 Å². The third kappa shape index (κ3) is 5.26. The second-order valence-electron chi connectivity index (χ2n) is 5.52. The first-order valence-electron chi connectivity index (χ1n) is 6.97. The van der Waals surface area contributed by atoms with Crippen molar-refractivity contribution >= 4 is 27.7 Å². The molecule has 1 N–H and O–H groups in total. The Labute approximate surface area is 136 Å². The van der Waals surface area contributed by atoms with Crippen LogP contribution in [0.5, 0.6) is 0 Å². The van der Waals surface area contributed by atoms with Crippen LogP contribution < -0.4 is 5.32 Å². The molecule has 0 bridgehead atoms. The molecule has 1 heterocycles. The summed E-state index contributed by atoms with van der Waals surface area (Å²) in [6.07, 6.45) is 1.32. The van der Waals surface area contributed by atoms with Crippen molar-refractivity contribution in [3.63, 3.8) is 0 Å². The second-order valence-corrected chi connectivity index (χ2v) is 9.03. The molecular weight excluding hydrogens is 322 g/mol. The van der Waals surface area contributed by atoms with E-state index in [1.54, 1.807) is 13.0 Å². The van der Waals surface area contributed by atoms with Crippen molar-refractivity contribution in [2.45, 2.75) is 35.9 Å². The number of nitrogens with one attached hydrogen (secondary N) is 1. The quantitative estimate of drug-likeness (QED) is 0.759. The van der Waals surface area contributed by atoms with Crippen molar-refractivity contribution in [2.75, 3.05) is 20.6 Å². The molecule has 0 aliphatic rings. The van der Waals surface area contributed by atoms with Crippen LogP contribution in [0.3, 0.4) is 0 Å². The lowest BCUT2D eigenvalue weighted by Gasteiger charge is -2.14. The van der Waals surface area contributed by atoms with Gasteiger partial charge in [0.05, 0.1) is 10.3 Å². The third-order valence-electron chi connectivity index (χ3n) is 2.84. The molecule has 22 heavy (non-hydrogen) atoms. The largest absolute Gasteiger partial charge is 0.355 e. The van der Waals surface area contributed by atoms with Crippen LogP contribution in [0, 0.1) is 5.92 Å². The maximum absolute atomic E-state index is 11.9. The Morgan fingerprint density at radius 3 is 2.41 bits per heavy atom. The minimum Gasteiger partial charge on any atom is -0.355 e. The lowest BCUT2D eigenvalue weighted by atomic mass is 10.2. The van der Waals surface area contributed by atoms with E-state index in [0.29, 0.717) is 17.5 Å². The molecule has 1 unspecified atom stereocenters. The maximum atomic E-state index is 11.9. The lowest BCUT2D eigenvalue weighted by Crippen LogP contribution is -2.33. The summed E-state index contributed by atoms with van der Waals surface area (Å²) in [6.45, 7) is 6.50. The fourth-order valence-corrected chi connectivity index (χ4v) is 3.14. The van der Waals surface area contributed by atoms with Gasteiger partial charge in [-0.2, -0.15) is 0 Å². The average Bonchev–Trinajstić information content (AvgIpc) is 2.44. The molecule has 1 aromatic rings. The molecule has 1 atom stereocenters. The Morgan fingerprint density at radius 2 is 1.95 bits per heavy atom. The zero-order valence-corrected chi connectivity index (χ0v) is 15.2. The number of nitrogens with zero attached hydrogens (tertiary/aromatic N) is 2. The van der Waals surface area contributed by atoms with Crippen LogP contribution in [0.15, 0.2) is 28.3 Å². The number of amides is 1. The number of pyridine rings is 1. The van der Waals surface area contributed by atoms with Crippen LogP contribution in [0.1, 0.15) is 20.8 Å². The Bertz CT molecular complexity index is 598. The van der Waals surface area contributed by atoms with Crippen molar-refractivity contribution in [3.8, 4) is 0 Å². The minimum absolute atomic E-state index is 0.0505. The third-order valence-corrected chi connectivity index (χ3v) is 5.69. The summed E-state index contributed by atoms with van der Waals surface area (Å²) in [5, 5.41) is 3.19.